The van der Waals surface area contributed by atoms with Crippen molar-refractivity contribution >= 4 is 56.5 Å². The minimum Gasteiger partial charge on any atom is -0.325 e. The molecule has 2 heterocycles. The van der Waals surface area contributed by atoms with Crippen molar-refractivity contribution in [3.63, 3.8) is 0 Å². The molecule has 0 fully saturated rings. The van der Waals surface area contributed by atoms with Crippen molar-refractivity contribution in [1.29, 1.82) is 0 Å². The second-order valence-electron chi connectivity index (χ2n) is 7.72. The lowest BCUT2D eigenvalue weighted by Crippen LogP contribution is -2.24. The van der Waals surface area contributed by atoms with Crippen LogP contribution in [0.4, 0.5) is 10.1 Å². The molecule has 2 aromatic heterocycles. The number of amides is 1. The first kappa shape index (κ1) is 22.1. The molecule has 4 aromatic rings. The largest absolute Gasteiger partial charge is 0.325 e. The third-order valence-corrected chi connectivity index (χ3v) is 7.89. The van der Waals surface area contributed by atoms with Crippen LogP contribution in [0, 0.1) is 5.82 Å². The molecule has 1 aliphatic rings. The van der Waals surface area contributed by atoms with Gasteiger partial charge in [0, 0.05) is 15.6 Å². The highest BCUT2D eigenvalue weighted by molar-refractivity contribution is 7.99. The van der Waals surface area contributed by atoms with Gasteiger partial charge in [0.05, 0.1) is 16.8 Å². The fourth-order valence-electron chi connectivity index (χ4n) is 3.99. The van der Waals surface area contributed by atoms with Gasteiger partial charge in [-0.3, -0.25) is 14.2 Å². The Morgan fingerprint density at radius 3 is 2.70 bits per heavy atom. The number of thioether (sulfide) groups is 1. The molecule has 0 radical (unpaired) electrons. The fraction of sp³-hybridized carbons (Fsp3) is 0.208. The molecule has 1 aliphatic carbocycles. The molecule has 0 saturated carbocycles. The Morgan fingerprint density at radius 2 is 1.91 bits per heavy atom. The molecule has 0 saturated heterocycles. The second kappa shape index (κ2) is 9.29. The zero-order valence-electron chi connectivity index (χ0n) is 17.4. The van der Waals surface area contributed by atoms with Crippen molar-refractivity contribution in [2.45, 2.75) is 30.8 Å². The number of aryl methyl sites for hydroxylation is 2. The lowest BCUT2D eigenvalue weighted by Gasteiger charge is -2.14. The van der Waals surface area contributed by atoms with Gasteiger partial charge in [-0.1, -0.05) is 35.5 Å². The van der Waals surface area contributed by atoms with Crippen molar-refractivity contribution in [2.24, 2.45) is 0 Å². The van der Waals surface area contributed by atoms with Gasteiger partial charge in [-0.05, 0) is 67.6 Å². The first-order valence-electron chi connectivity index (χ1n) is 10.5. The number of para-hydroxylation sites is 1. The summed E-state index contributed by atoms with van der Waals surface area (Å²) < 4.78 is 16.0. The molecule has 1 amide bonds. The van der Waals surface area contributed by atoms with Gasteiger partial charge < -0.3 is 5.32 Å². The maximum Gasteiger partial charge on any atom is 0.267 e. The number of nitrogens with zero attached hydrogens (tertiary/aromatic N) is 2. The Balaban J connectivity index is 1.53. The number of nitrogens with one attached hydrogen (secondary N) is 1. The van der Waals surface area contributed by atoms with E-state index in [9.17, 15) is 14.0 Å². The van der Waals surface area contributed by atoms with Gasteiger partial charge in [-0.15, -0.1) is 11.3 Å². The van der Waals surface area contributed by atoms with E-state index in [4.69, 9.17) is 16.6 Å². The summed E-state index contributed by atoms with van der Waals surface area (Å²) in [5.74, 6) is -0.764. The minimum atomic E-state index is -0.516. The zero-order valence-corrected chi connectivity index (χ0v) is 19.8. The van der Waals surface area contributed by atoms with Gasteiger partial charge >= 0.3 is 0 Å². The molecule has 2 aromatic carbocycles. The number of benzene rings is 2. The second-order valence-corrected chi connectivity index (χ2v) is 10.2. The summed E-state index contributed by atoms with van der Waals surface area (Å²) in [5, 5.41) is 4.24. The summed E-state index contributed by atoms with van der Waals surface area (Å²) in [7, 11) is 0. The molecule has 5 rings (SSSR count). The predicted octanol–water partition coefficient (Wildman–Crippen LogP) is 5.85. The topological polar surface area (TPSA) is 64.0 Å². The average Bonchev–Trinajstić information content (AvgIpc) is 3.19. The lowest BCUT2D eigenvalue weighted by atomic mass is 9.97. The van der Waals surface area contributed by atoms with Crippen LogP contribution in [0.25, 0.3) is 15.9 Å². The molecule has 5 nitrogen and oxygen atoms in total. The van der Waals surface area contributed by atoms with Crippen LogP contribution in [0.5, 0.6) is 0 Å². The molecule has 0 bridgehead atoms. The number of rotatable bonds is 5. The van der Waals surface area contributed by atoms with Gasteiger partial charge in [-0.2, -0.15) is 0 Å². The first-order valence-corrected chi connectivity index (χ1v) is 12.7. The molecule has 0 spiro atoms. The Labute approximate surface area is 202 Å². The molecular weight excluding hydrogens is 481 g/mol. The van der Waals surface area contributed by atoms with E-state index in [1.165, 1.54) is 26.8 Å². The Kier molecular flexibility index (Phi) is 6.23. The van der Waals surface area contributed by atoms with Crippen LogP contribution in [-0.2, 0) is 17.6 Å². The molecule has 0 unspecified atom stereocenters. The van der Waals surface area contributed by atoms with E-state index < -0.39 is 5.82 Å². The van der Waals surface area contributed by atoms with Crippen molar-refractivity contribution in [2.75, 3.05) is 11.1 Å². The van der Waals surface area contributed by atoms with Crippen LogP contribution in [0.15, 0.2) is 58.5 Å². The standard InChI is InChI=1S/C24H19ClFN3O2S2/c25-14-9-11-15(12-10-14)27-20(30)13-32-24-28-22-21(16-5-1-4-8-19(16)33-22)23(31)29(24)18-7-3-2-6-17(18)26/h2-3,6-7,9-12H,1,4-5,8,13H2,(H,27,30). The number of aromatic nitrogens is 2. The Morgan fingerprint density at radius 1 is 1.15 bits per heavy atom. The van der Waals surface area contributed by atoms with Crippen LogP contribution in [0.2, 0.25) is 5.02 Å². The molecule has 168 valence electrons. The van der Waals surface area contributed by atoms with E-state index in [1.54, 1.807) is 42.5 Å². The fourth-order valence-corrected chi connectivity index (χ4v) is 6.22. The number of fused-ring (bicyclic) bond motifs is 3. The van der Waals surface area contributed by atoms with Gasteiger partial charge in [-0.25, -0.2) is 9.37 Å². The van der Waals surface area contributed by atoms with Gasteiger partial charge in [0.1, 0.15) is 10.6 Å². The predicted molar refractivity (Wildman–Crippen MR) is 133 cm³/mol. The van der Waals surface area contributed by atoms with Crippen LogP contribution < -0.4 is 10.9 Å². The maximum atomic E-state index is 14.7. The number of hydrogen-bond acceptors (Lipinski definition) is 5. The number of carbonyl (C=O) groups is 1. The third-order valence-electron chi connectivity index (χ3n) is 5.51. The minimum absolute atomic E-state index is 0.0140. The highest BCUT2D eigenvalue weighted by Crippen LogP contribution is 2.35. The van der Waals surface area contributed by atoms with Crippen molar-refractivity contribution in [1.82, 2.24) is 9.55 Å². The van der Waals surface area contributed by atoms with E-state index in [0.717, 1.165) is 43.0 Å². The average molecular weight is 500 g/mol. The van der Waals surface area contributed by atoms with E-state index in [-0.39, 0.29) is 22.9 Å². The molecule has 0 aliphatic heterocycles. The van der Waals surface area contributed by atoms with Crippen LogP contribution >= 0.6 is 34.7 Å². The van der Waals surface area contributed by atoms with E-state index >= 15 is 0 Å². The van der Waals surface area contributed by atoms with E-state index in [1.807, 2.05) is 0 Å². The molecule has 0 atom stereocenters. The van der Waals surface area contributed by atoms with Crippen molar-refractivity contribution in [3.8, 4) is 5.69 Å². The smallest absolute Gasteiger partial charge is 0.267 e. The zero-order chi connectivity index (χ0) is 22.9. The highest BCUT2D eigenvalue weighted by Gasteiger charge is 2.24. The number of anilines is 1. The molecular formula is C24H19ClFN3O2S2. The summed E-state index contributed by atoms with van der Waals surface area (Å²) >= 11 is 8.53. The quantitative estimate of drug-likeness (QED) is 0.276. The SMILES string of the molecule is O=C(CSc1nc2sc3c(c2c(=O)n1-c1ccccc1F)CCCC3)Nc1ccc(Cl)cc1. The number of hydrogen-bond donors (Lipinski definition) is 1. The third kappa shape index (κ3) is 4.43. The number of thiophene rings is 1. The molecule has 1 N–H and O–H groups in total. The van der Waals surface area contributed by atoms with E-state index in [2.05, 4.69) is 5.32 Å². The summed E-state index contributed by atoms with van der Waals surface area (Å²) in [4.78, 5) is 32.7. The monoisotopic (exact) mass is 499 g/mol. The van der Waals surface area contributed by atoms with Crippen LogP contribution in [0.1, 0.15) is 23.3 Å². The van der Waals surface area contributed by atoms with Gasteiger partial charge in [0.15, 0.2) is 5.16 Å². The summed E-state index contributed by atoms with van der Waals surface area (Å²) in [6, 6.07) is 12.9. The number of halogens is 2. The van der Waals surface area contributed by atoms with E-state index in [0.29, 0.717) is 26.1 Å². The summed E-state index contributed by atoms with van der Waals surface area (Å²) in [5.41, 5.74) is 1.50. The van der Waals surface area contributed by atoms with Gasteiger partial charge in [0.2, 0.25) is 5.91 Å². The molecule has 33 heavy (non-hydrogen) atoms. The highest BCUT2D eigenvalue weighted by atomic mass is 35.5. The van der Waals surface area contributed by atoms with Crippen LogP contribution in [0.3, 0.4) is 0 Å². The van der Waals surface area contributed by atoms with Gasteiger partial charge in [0.25, 0.3) is 5.56 Å². The normalized spacial score (nSPS) is 13.2. The summed E-state index contributed by atoms with van der Waals surface area (Å²) in [6.07, 6.45) is 3.88. The Hall–Kier alpha value is -2.68. The number of carbonyl (C=O) groups excluding carboxylic acids is 1. The lowest BCUT2D eigenvalue weighted by molar-refractivity contribution is -0.113. The first-order chi connectivity index (χ1) is 16.0. The molecule has 9 heteroatoms. The van der Waals surface area contributed by atoms with Crippen molar-refractivity contribution < 1.29 is 9.18 Å². The van der Waals surface area contributed by atoms with Crippen LogP contribution in [-0.4, -0.2) is 21.2 Å². The van der Waals surface area contributed by atoms with Crippen molar-refractivity contribution in [3.05, 3.63) is 80.2 Å². The Bertz CT molecular complexity index is 1420. The maximum absolute atomic E-state index is 14.7. The summed E-state index contributed by atoms with van der Waals surface area (Å²) in [6.45, 7) is 0.